The minimum Gasteiger partial charge on any atom is -0.494 e. The maximum atomic E-state index is 13.7. The number of methoxy groups -OCH3 is 1. The smallest absolute Gasteiger partial charge is 0.336 e. The van der Waals surface area contributed by atoms with Crippen LogP contribution in [0.1, 0.15) is 12.5 Å². The monoisotopic (exact) mass is 371 g/mol. The first-order chi connectivity index (χ1) is 13.0. The molecule has 0 aliphatic heterocycles. The third-order valence-corrected chi connectivity index (χ3v) is 3.96. The fourth-order valence-corrected chi connectivity index (χ4v) is 2.52. The lowest BCUT2D eigenvalue weighted by molar-refractivity contribution is -0.127. The van der Waals surface area contributed by atoms with Gasteiger partial charge in [-0.2, -0.15) is 0 Å². The molecule has 1 unspecified atom stereocenters. The van der Waals surface area contributed by atoms with Gasteiger partial charge in [0.1, 0.15) is 11.3 Å². The molecule has 0 bridgehead atoms. The molecule has 0 spiro atoms. The van der Waals surface area contributed by atoms with Gasteiger partial charge in [0.25, 0.3) is 5.91 Å². The van der Waals surface area contributed by atoms with Crippen molar-refractivity contribution in [2.45, 2.75) is 19.6 Å². The quantitative estimate of drug-likeness (QED) is 0.674. The number of carbonyl (C=O) groups is 1. The zero-order chi connectivity index (χ0) is 19.4. The lowest BCUT2D eigenvalue weighted by atomic mass is 10.2. The van der Waals surface area contributed by atoms with E-state index in [1.165, 1.54) is 25.3 Å². The minimum atomic E-state index is -0.791. The summed E-state index contributed by atoms with van der Waals surface area (Å²) in [6.45, 7) is 1.75. The van der Waals surface area contributed by atoms with Gasteiger partial charge in [0.15, 0.2) is 17.7 Å². The van der Waals surface area contributed by atoms with E-state index < -0.39 is 17.5 Å². The lowest BCUT2D eigenvalue weighted by Crippen LogP contribution is -2.35. The third kappa shape index (κ3) is 4.44. The second kappa shape index (κ2) is 7.90. The molecule has 0 saturated heterocycles. The number of amides is 1. The van der Waals surface area contributed by atoms with Crippen LogP contribution in [0.3, 0.4) is 0 Å². The number of rotatable bonds is 6. The number of halogens is 1. The largest absolute Gasteiger partial charge is 0.494 e. The van der Waals surface area contributed by atoms with Crippen molar-refractivity contribution >= 4 is 16.9 Å². The predicted octanol–water partition coefficient (Wildman–Crippen LogP) is 3.02. The molecular formula is C20H18FNO5. The molecular weight excluding hydrogens is 353 g/mol. The van der Waals surface area contributed by atoms with Gasteiger partial charge < -0.3 is 19.2 Å². The third-order valence-electron chi connectivity index (χ3n) is 3.96. The van der Waals surface area contributed by atoms with Crippen molar-refractivity contribution in [2.24, 2.45) is 0 Å². The van der Waals surface area contributed by atoms with Gasteiger partial charge in [0.05, 0.1) is 7.11 Å². The van der Waals surface area contributed by atoms with Crippen molar-refractivity contribution in [3.8, 4) is 11.5 Å². The van der Waals surface area contributed by atoms with Crippen LogP contribution >= 0.6 is 0 Å². The lowest BCUT2D eigenvalue weighted by Gasteiger charge is -2.15. The number of hydrogen-bond donors (Lipinski definition) is 1. The molecule has 3 aromatic rings. The molecule has 1 atom stereocenters. The Bertz CT molecular complexity index is 1030. The average Bonchev–Trinajstić information content (AvgIpc) is 2.65. The molecule has 2 aromatic carbocycles. The van der Waals surface area contributed by atoms with Gasteiger partial charge in [-0.25, -0.2) is 9.18 Å². The topological polar surface area (TPSA) is 77.8 Å². The van der Waals surface area contributed by atoms with Gasteiger partial charge in [-0.3, -0.25) is 4.79 Å². The molecule has 0 radical (unpaired) electrons. The fraction of sp³-hybridized carbons (Fsp3) is 0.200. The van der Waals surface area contributed by atoms with Crippen molar-refractivity contribution < 1.29 is 23.1 Å². The fourth-order valence-electron chi connectivity index (χ4n) is 2.52. The second-order valence-corrected chi connectivity index (χ2v) is 5.90. The first kappa shape index (κ1) is 18.4. The van der Waals surface area contributed by atoms with Crippen LogP contribution in [0.4, 0.5) is 4.39 Å². The molecule has 1 aromatic heterocycles. The SMILES string of the molecule is COc1ccc(CNC(=O)C(C)Oc2ccc3ccc(=O)oc3c2)cc1F. The maximum absolute atomic E-state index is 13.7. The summed E-state index contributed by atoms with van der Waals surface area (Å²) < 4.78 is 29.2. The van der Waals surface area contributed by atoms with Crippen LogP contribution in [-0.4, -0.2) is 19.1 Å². The number of hydrogen-bond acceptors (Lipinski definition) is 5. The first-order valence-electron chi connectivity index (χ1n) is 8.27. The van der Waals surface area contributed by atoms with Crippen LogP contribution in [0.5, 0.6) is 11.5 Å². The van der Waals surface area contributed by atoms with E-state index in [-0.39, 0.29) is 18.2 Å². The number of benzene rings is 2. The number of carbonyl (C=O) groups excluding carboxylic acids is 1. The van der Waals surface area contributed by atoms with Gasteiger partial charge >= 0.3 is 5.63 Å². The summed E-state index contributed by atoms with van der Waals surface area (Å²) in [5.41, 5.74) is 0.514. The Kier molecular flexibility index (Phi) is 5.40. The van der Waals surface area contributed by atoms with E-state index in [0.29, 0.717) is 16.9 Å². The van der Waals surface area contributed by atoms with Gasteiger partial charge in [0.2, 0.25) is 0 Å². The summed E-state index contributed by atoms with van der Waals surface area (Å²) in [5, 5.41) is 3.44. The number of fused-ring (bicyclic) bond motifs is 1. The van der Waals surface area contributed by atoms with Crippen LogP contribution in [0.15, 0.2) is 57.7 Å². The number of ether oxygens (including phenoxy) is 2. The highest BCUT2D eigenvalue weighted by Gasteiger charge is 2.15. The summed E-state index contributed by atoms with van der Waals surface area (Å²) in [5.74, 6) is -0.313. The van der Waals surface area contributed by atoms with E-state index >= 15 is 0 Å². The molecule has 1 amide bonds. The van der Waals surface area contributed by atoms with Crippen LogP contribution in [0.25, 0.3) is 11.0 Å². The van der Waals surface area contributed by atoms with Crippen molar-refractivity contribution in [1.82, 2.24) is 5.32 Å². The Morgan fingerprint density at radius 1 is 1.19 bits per heavy atom. The van der Waals surface area contributed by atoms with Crippen molar-refractivity contribution in [3.05, 3.63) is 70.3 Å². The van der Waals surface area contributed by atoms with E-state index in [2.05, 4.69) is 5.32 Å². The summed E-state index contributed by atoms with van der Waals surface area (Å²) in [7, 11) is 1.39. The van der Waals surface area contributed by atoms with Crippen molar-refractivity contribution in [3.63, 3.8) is 0 Å². The Morgan fingerprint density at radius 2 is 1.96 bits per heavy atom. The Balaban J connectivity index is 1.62. The second-order valence-electron chi connectivity index (χ2n) is 5.90. The Hall–Kier alpha value is -3.35. The molecule has 7 heteroatoms. The van der Waals surface area contributed by atoms with Crippen LogP contribution in [0, 0.1) is 5.82 Å². The average molecular weight is 371 g/mol. The Labute approximate surface area is 154 Å². The predicted molar refractivity (Wildman–Crippen MR) is 97.4 cm³/mol. The Morgan fingerprint density at radius 3 is 2.70 bits per heavy atom. The summed E-state index contributed by atoms with van der Waals surface area (Å²) in [4.78, 5) is 23.5. The highest BCUT2D eigenvalue weighted by molar-refractivity contribution is 5.81. The summed E-state index contributed by atoms with van der Waals surface area (Å²) in [6.07, 6.45) is -0.791. The van der Waals surface area contributed by atoms with Crippen molar-refractivity contribution in [2.75, 3.05) is 7.11 Å². The molecule has 0 aliphatic carbocycles. The zero-order valence-electron chi connectivity index (χ0n) is 14.8. The summed E-state index contributed by atoms with van der Waals surface area (Å²) in [6, 6.07) is 12.4. The van der Waals surface area contributed by atoms with E-state index in [4.69, 9.17) is 13.9 Å². The molecule has 140 valence electrons. The van der Waals surface area contributed by atoms with Gasteiger partial charge in [-0.1, -0.05) is 6.07 Å². The standard InChI is InChI=1S/C20H18FNO5/c1-12(20(24)22-11-13-3-7-17(25-2)16(21)9-13)26-15-6-4-14-5-8-19(23)27-18(14)10-15/h3-10,12H,11H2,1-2H3,(H,22,24). The normalized spacial score (nSPS) is 11.8. The van der Waals surface area contributed by atoms with Crippen LogP contribution in [-0.2, 0) is 11.3 Å². The molecule has 0 saturated carbocycles. The molecule has 1 heterocycles. The van der Waals surface area contributed by atoms with E-state index in [9.17, 15) is 14.0 Å². The van der Waals surface area contributed by atoms with Gasteiger partial charge in [-0.15, -0.1) is 0 Å². The molecule has 0 aliphatic rings. The van der Waals surface area contributed by atoms with E-state index in [0.717, 1.165) is 5.39 Å². The molecule has 3 rings (SSSR count). The summed E-state index contributed by atoms with van der Waals surface area (Å²) >= 11 is 0. The van der Waals surface area contributed by atoms with Crippen LogP contribution < -0.4 is 20.4 Å². The van der Waals surface area contributed by atoms with Gasteiger partial charge in [0, 0.05) is 24.1 Å². The first-order valence-corrected chi connectivity index (χ1v) is 8.27. The van der Waals surface area contributed by atoms with Crippen LogP contribution in [0.2, 0.25) is 0 Å². The van der Waals surface area contributed by atoms with Gasteiger partial charge in [-0.05, 0) is 42.8 Å². The highest BCUT2D eigenvalue weighted by Crippen LogP contribution is 2.21. The van der Waals surface area contributed by atoms with E-state index in [1.54, 1.807) is 37.3 Å². The highest BCUT2D eigenvalue weighted by atomic mass is 19.1. The molecule has 1 N–H and O–H groups in total. The minimum absolute atomic E-state index is 0.143. The van der Waals surface area contributed by atoms with Crippen molar-refractivity contribution in [1.29, 1.82) is 0 Å². The number of nitrogens with one attached hydrogen (secondary N) is 1. The zero-order valence-corrected chi connectivity index (χ0v) is 14.8. The molecule has 27 heavy (non-hydrogen) atoms. The molecule has 6 nitrogen and oxygen atoms in total. The maximum Gasteiger partial charge on any atom is 0.336 e. The van der Waals surface area contributed by atoms with E-state index in [1.807, 2.05) is 0 Å². The molecule has 0 fully saturated rings.